The van der Waals surface area contributed by atoms with Crippen LogP contribution in [0.25, 0.3) is 12.2 Å². The van der Waals surface area contributed by atoms with Gasteiger partial charge in [0.15, 0.2) is 0 Å². The predicted octanol–water partition coefficient (Wildman–Crippen LogP) is 5.36. The standard InChI is InChI=1S/C25H25ClN2O2/c1-27(2)16-22-15-21-13-14-28(17-24(21)30-22)25(29)20-11-8-18(9-12-20)7-10-19-5-3-4-6-23(19)26/h3-12,15H,13-14,16-17H2,1-2H3. The normalized spacial score (nSPS) is 13.8. The molecule has 0 atom stereocenters. The van der Waals surface area contributed by atoms with Gasteiger partial charge in [-0.15, -0.1) is 0 Å². The Morgan fingerprint density at radius 3 is 2.63 bits per heavy atom. The molecule has 4 rings (SSSR count). The maximum Gasteiger partial charge on any atom is 0.254 e. The first kappa shape index (κ1) is 20.5. The van der Waals surface area contributed by atoms with Crippen LogP contribution in [0.4, 0.5) is 0 Å². The van der Waals surface area contributed by atoms with Crippen molar-refractivity contribution in [2.45, 2.75) is 19.5 Å². The Balaban J connectivity index is 1.43. The van der Waals surface area contributed by atoms with E-state index in [4.69, 9.17) is 16.0 Å². The lowest BCUT2D eigenvalue weighted by Gasteiger charge is -2.26. The van der Waals surface area contributed by atoms with Gasteiger partial charge in [-0.1, -0.05) is 54.1 Å². The summed E-state index contributed by atoms with van der Waals surface area (Å²) >= 11 is 6.19. The molecule has 1 aliphatic heterocycles. The minimum atomic E-state index is 0.0350. The number of rotatable bonds is 5. The molecular weight excluding hydrogens is 396 g/mol. The molecule has 1 amide bonds. The third-order valence-corrected chi connectivity index (χ3v) is 5.55. The fourth-order valence-corrected chi connectivity index (χ4v) is 3.86. The first-order chi connectivity index (χ1) is 14.5. The average molecular weight is 421 g/mol. The molecule has 0 radical (unpaired) electrons. The number of halogens is 1. The van der Waals surface area contributed by atoms with Gasteiger partial charge >= 0.3 is 0 Å². The van der Waals surface area contributed by atoms with Crippen LogP contribution in [0.15, 0.2) is 59.0 Å². The summed E-state index contributed by atoms with van der Waals surface area (Å²) in [5.74, 6) is 1.90. The van der Waals surface area contributed by atoms with Crippen LogP contribution in [-0.2, 0) is 19.5 Å². The van der Waals surface area contributed by atoms with Crippen molar-refractivity contribution in [2.24, 2.45) is 0 Å². The number of carbonyl (C=O) groups is 1. The Morgan fingerprint density at radius 1 is 1.13 bits per heavy atom. The summed E-state index contributed by atoms with van der Waals surface area (Å²) < 4.78 is 5.98. The van der Waals surface area contributed by atoms with Gasteiger partial charge in [0, 0.05) is 17.1 Å². The second-order valence-electron chi connectivity index (χ2n) is 7.85. The second-order valence-corrected chi connectivity index (χ2v) is 8.26. The highest BCUT2D eigenvalue weighted by Gasteiger charge is 2.25. The monoisotopic (exact) mass is 420 g/mol. The Morgan fingerprint density at radius 2 is 1.90 bits per heavy atom. The van der Waals surface area contributed by atoms with E-state index in [-0.39, 0.29) is 5.91 Å². The number of nitrogens with zero attached hydrogens (tertiary/aromatic N) is 2. The summed E-state index contributed by atoms with van der Waals surface area (Å²) in [6.07, 6.45) is 4.81. The fraction of sp³-hybridized carbons (Fsp3) is 0.240. The van der Waals surface area contributed by atoms with E-state index >= 15 is 0 Å². The number of carbonyl (C=O) groups excluding carboxylic acids is 1. The SMILES string of the molecule is CN(C)Cc1cc2c(o1)CN(C(=O)c1ccc(C=Cc3ccccc3Cl)cc1)CC2. The van der Waals surface area contributed by atoms with Crippen LogP contribution in [0.5, 0.6) is 0 Å². The van der Waals surface area contributed by atoms with Gasteiger partial charge in [0.2, 0.25) is 0 Å². The van der Waals surface area contributed by atoms with E-state index in [2.05, 4.69) is 11.0 Å². The molecule has 0 saturated heterocycles. The lowest BCUT2D eigenvalue weighted by molar-refractivity contribution is 0.0718. The molecule has 2 aromatic carbocycles. The van der Waals surface area contributed by atoms with Gasteiger partial charge in [0.1, 0.15) is 11.5 Å². The zero-order valence-corrected chi connectivity index (χ0v) is 18.0. The van der Waals surface area contributed by atoms with Gasteiger partial charge in [-0.05, 0) is 61.5 Å². The number of hydrogen-bond acceptors (Lipinski definition) is 3. The molecule has 0 fully saturated rings. The van der Waals surface area contributed by atoms with Crippen molar-refractivity contribution in [1.29, 1.82) is 0 Å². The van der Waals surface area contributed by atoms with Crippen molar-refractivity contribution < 1.29 is 9.21 Å². The molecule has 1 aromatic heterocycles. The van der Waals surface area contributed by atoms with Crippen molar-refractivity contribution in [1.82, 2.24) is 9.80 Å². The van der Waals surface area contributed by atoms with E-state index in [9.17, 15) is 4.79 Å². The fourth-order valence-electron chi connectivity index (χ4n) is 3.66. The molecule has 3 aromatic rings. The average Bonchev–Trinajstić information content (AvgIpc) is 3.13. The molecule has 1 aliphatic rings. The van der Waals surface area contributed by atoms with Crippen molar-refractivity contribution >= 4 is 29.7 Å². The zero-order valence-electron chi connectivity index (χ0n) is 17.3. The first-order valence-electron chi connectivity index (χ1n) is 10.1. The number of hydrogen-bond donors (Lipinski definition) is 0. The molecule has 0 unspecified atom stereocenters. The van der Waals surface area contributed by atoms with Gasteiger partial charge in [0.05, 0.1) is 13.1 Å². The van der Waals surface area contributed by atoms with E-state index in [0.29, 0.717) is 18.7 Å². The van der Waals surface area contributed by atoms with Crippen LogP contribution in [0.2, 0.25) is 5.02 Å². The Labute approximate surface area is 182 Å². The van der Waals surface area contributed by atoms with Crippen molar-refractivity contribution in [3.05, 3.63) is 93.4 Å². The van der Waals surface area contributed by atoms with E-state index in [0.717, 1.165) is 40.6 Å². The Kier molecular flexibility index (Phi) is 6.07. The maximum atomic E-state index is 13.0. The van der Waals surface area contributed by atoms with Crippen molar-refractivity contribution in [3.8, 4) is 0 Å². The molecule has 2 heterocycles. The summed E-state index contributed by atoms with van der Waals surface area (Å²) in [5.41, 5.74) is 3.90. The maximum absolute atomic E-state index is 13.0. The van der Waals surface area contributed by atoms with Crippen LogP contribution in [-0.4, -0.2) is 36.3 Å². The van der Waals surface area contributed by atoms with Crippen LogP contribution < -0.4 is 0 Å². The van der Waals surface area contributed by atoms with Crippen LogP contribution in [0, 0.1) is 0 Å². The number of fused-ring (bicyclic) bond motifs is 1. The lowest BCUT2D eigenvalue weighted by Crippen LogP contribution is -2.35. The minimum Gasteiger partial charge on any atom is -0.463 e. The van der Waals surface area contributed by atoms with E-state index < -0.39 is 0 Å². The molecule has 0 saturated carbocycles. The second kappa shape index (κ2) is 8.90. The highest BCUT2D eigenvalue weighted by atomic mass is 35.5. The summed E-state index contributed by atoms with van der Waals surface area (Å²) in [5, 5.41) is 0.719. The molecule has 0 spiro atoms. The van der Waals surface area contributed by atoms with Gasteiger partial charge in [0.25, 0.3) is 5.91 Å². The van der Waals surface area contributed by atoms with E-state index in [1.165, 1.54) is 5.56 Å². The molecule has 30 heavy (non-hydrogen) atoms. The van der Waals surface area contributed by atoms with Crippen LogP contribution in [0.3, 0.4) is 0 Å². The van der Waals surface area contributed by atoms with Crippen molar-refractivity contribution in [3.63, 3.8) is 0 Å². The quantitative estimate of drug-likeness (QED) is 0.521. The van der Waals surface area contributed by atoms with Gasteiger partial charge in [-0.25, -0.2) is 0 Å². The van der Waals surface area contributed by atoms with Gasteiger partial charge in [-0.2, -0.15) is 0 Å². The third kappa shape index (κ3) is 4.66. The zero-order chi connectivity index (χ0) is 21.1. The molecular formula is C25H25ClN2O2. The number of furan rings is 1. The minimum absolute atomic E-state index is 0.0350. The molecule has 5 heteroatoms. The summed E-state index contributed by atoms with van der Waals surface area (Å²) in [6, 6.07) is 17.5. The summed E-state index contributed by atoms with van der Waals surface area (Å²) in [6.45, 7) is 2.00. The molecule has 0 bridgehead atoms. The smallest absolute Gasteiger partial charge is 0.254 e. The molecule has 4 nitrogen and oxygen atoms in total. The summed E-state index contributed by atoms with van der Waals surface area (Å²) in [7, 11) is 4.04. The Hall–Kier alpha value is -2.82. The molecule has 0 N–H and O–H groups in total. The van der Waals surface area contributed by atoms with Gasteiger partial charge in [-0.3, -0.25) is 4.79 Å². The molecule has 154 valence electrons. The number of benzene rings is 2. The Bertz CT molecular complexity index is 1070. The largest absolute Gasteiger partial charge is 0.463 e. The summed E-state index contributed by atoms with van der Waals surface area (Å²) in [4.78, 5) is 16.9. The van der Waals surface area contributed by atoms with Gasteiger partial charge < -0.3 is 14.2 Å². The first-order valence-corrected chi connectivity index (χ1v) is 10.4. The predicted molar refractivity (Wildman–Crippen MR) is 121 cm³/mol. The van der Waals surface area contributed by atoms with Crippen molar-refractivity contribution in [2.75, 3.05) is 20.6 Å². The molecule has 0 aliphatic carbocycles. The highest BCUT2D eigenvalue weighted by Crippen LogP contribution is 2.25. The van der Waals surface area contributed by atoms with E-state index in [1.54, 1.807) is 0 Å². The van der Waals surface area contributed by atoms with Crippen LogP contribution >= 0.6 is 11.6 Å². The number of amides is 1. The highest BCUT2D eigenvalue weighted by molar-refractivity contribution is 6.32. The lowest BCUT2D eigenvalue weighted by atomic mass is 10.1. The third-order valence-electron chi connectivity index (χ3n) is 5.21. The van der Waals surface area contributed by atoms with Crippen LogP contribution in [0.1, 0.15) is 38.6 Å². The van der Waals surface area contributed by atoms with E-state index in [1.807, 2.05) is 79.7 Å². The topological polar surface area (TPSA) is 36.7 Å².